The normalized spacial score (nSPS) is 26.3. The van der Waals surface area contributed by atoms with Crippen LogP contribution in [-0.4, -0.2) is 50.7 Å². The fourth-order valence-electron chi connectivity index (χ4n) is 4.61. The van der Waals surface area contributed by atoms with Crippen LogP contribution in [0.2, 0.25) is 5.04 Å². The predicted octanol–water partition coefficient (Wildman–Crippen LogP) is 4.17. The van der Waals surface area contributed by atoms with E-state index in [4.69, 9.17) is 18.6 Å². The molecule has 0 spiro atoms. The second-order valence-corrected chi connectivity index (χ2v) is 15.3. The lowest BCUT2D eigenvalue weighted by atomic mass is 10.2. The first-order valence-corrected chi connectivity index (χ1v) is 14.0. The number of rotatable bonds is 6. The zero-order valence-corrected chi connectivity index (χ0v) is 21.0. The fourth-order valence-corrected chi connectivity index (χ4v) is 10.4. The summed E-state index contributed by atoms with van der Waals surface area (Å²) in [5.74, 6) is 0.376. The Morgan fingerprint density at radius 1 is 0.968 bits per heavy atom. The molecule has 0 unspecified atom stereocenters. The van der Waals surface area contributed by atoms with Crippen LogP contribution >= 0.6 is 11.8 Å². The van der Waals surface area contributed by atoms with Crippen molar-refractivity contribution in [1.29, 1.82) is 0 Å². The van der Waals surface area contributed by atoms with Crippen molar-refractivity contribution in [2.75, 3.05) is 19.0 Å². The van der Waals surface area contributed by atoms with Gasteiger partial charge in [-0.3, -0.25) is 0 Å². The Bertz CT molecular complexity index is 813. The van der Waals surface area contributed by atoms with Gasteiger partial charge in [-0.05, 0) is 29.3 Å². The molecule has 2 saturated heterocycles. The molecule has 2 aliphatic rings. The first-order chi connectivity index (χ1) is 14.7. The van der Waals surface area contributed by atoms with Crippen molar-refractivity contribution in [3.63, 3.8) is 0 Å². The van der Waals surface area contributed by atoms with Gasteiger partial charge in [0.25, 0.3) is 8.32 Å². The van der Waals surface area contributed by atoms with Crippen LogP contribution < -0.4 is 10.4 Å². The molecule has 2 aromatic rings. The molecule has 2 aliphatic heterocycles. The van der Waals surface area contributed by atoms with Crippen molar-refractivity contribution in [2.24, 2.45) is 0 Å². The van der Waals surface area contributed by atoms with Crippen LogP contribution in [0.5, 0.6) is 0 Å². The summed E-state index contributed by atoms with van der Waals surface area (Å²) in [6.07, 6.45) is 0.0277. The van der Waals surface area contributed by atoms with Gasteiger partial charge in [0.2, 0.25) is 0 Å². The number of hydrogen-bond donors (Lipinski definition) is 0. The second kappa shape index (κ2) is 9.00. The van der Waals surface area contributed by atoms with E-state index in [0.717, 1.165) is 5.75 Å². The van der Waals surface area contributed by atoms with Crippen molar-refractivity contribution in [3.05, 3.63) is 60.7 Å². The van der Waals surface area contributed by atoms with Crippen molar-refractivity contribution in [3.8, 4) is 0 Å². The maximum atomic E-state index is 7.02. The Morgan fingerprint density at radius 3 is 2.03 bits per heavy atom. The molecule has 0 N–H and O–H groups in total. The van der Waals surface area contributed by atoms with Gasteiger partial charge in [0, 0.05) is 5.75 Å². The molecule has 3 atom stereocenters. The van der Waals surface area contributed by atoms with Gasteiger partial charge in [-0.25, -0.2) is 0 Å². The number of thioether (sulfide) groups is 1. The third kappa shape index (κ3) is 4.80. The minimum Gasteiger partial charge on any atom is -0.404 e. The van der Waals surface area contributed by atoms with Gasteiger partial charge in [0.05, 0.1) is 19.3 Å². The lowest BCUT2D eigenvalue weighted by Crippen LogP contribution is -2.67. The van der Waals surface area contributed by atoms with Crippen molar-refractivity contribution in [1.82, 2.24) is 0 Å². The first kappa shape index (κ1) is 23.0. The van der Waals surface area contributed by atoms with Crippen LogP contribution in [0.25, 0.3) is 0 Å². The summed E-state index contributed by atoms with van der Waals surface area (Å²) in [5, 5.41) is 2.55. The molecule has 2 fully saturated rings. The summed E-state index contributed by atoms with van der Waals surface area (Å²) in [7, 11) is -2.54. The SMILES string of the molecule is CC1(C)OC[C@H]([C@@H]2CS[C@H](CO[Si](c3ccccc3)(c3ccccc3)C(C)(C)C)O2)O1. The third-order valence-electron chi connectivity index (χ3n) is 6.07. The first-order valence-electron chi connectivity index (χ1n) is 11.1. The zero-order chi connectivity index (χ0) is 22.1. The molecule has 0 radical (unpaired) electrons. The second-order valence-electron chi connectivity index (χ2n) is 9.78. The summed E-state index contributed by atoms with van der Waals surface area (Å²) in [5.41, 5.74) is -0.000961. The van der Waals surface area contributed by atoms with Crippen LogP contribution in [0.4, 0.5) is 0 Å². The molecule has 4 nitrogen and oxygen atoms in total. The Hall–Kier alpha value is -1.15. The van der Waals surface area contributed by atoms with E-state index in [1.807, 2.05) is 25.6 Å². The Labute approximate surface area is 191 Å². The van der Waals surface area contributed by atoms with Crippen molar-refractivity contribution < 1.29 is 18.6 Å². The predicted molar refractivity (Wildman–Crippen MR) is 130 cm³/mol. The van der Waals surface area contributed by atoms with Gasteiger partial charge in [-0.1, -0.05) is 81.4 Å². The highest BCUT2D eigenvalue weighted by Crippen LogP contribution is 2.39. The van der Waals surface area contributed by atoms with E-state index in [1.165, 1.54) is 10.4 Å². The lowest BCUT2D eigenvalue weighted by molar-refractivity contribution is -0.154. The standard InChI is InChI=1S/C25H34O4SSi/c1-24(2,3)31(19-12-8-6-9-13-19,20-14-10-7-11-15-20)27-17-23-28-22(18-30-23)21-16-26-25(4,5)29-21/h6-15,21-23H,16-18H2,1-5H3/t21-,22+,23-/m1/s1. The highest BCUT2D eigenvalue weighted by Gasteiger charge is 2.51. The summed E-state index contributed by atoms with van der Waals surface area (Å²) >= 11 is 1.82. The molecule has 2 heterocycles. The van der Waals surface area contributed by atoms with Gasteiger partial charge in [-0.15, -0.1) is 11.8 Å². The highest BCUT2D eigenvalue weighted by molar-refractivity contribution is 8.00. The molecule has 0 aromatic heterocycles. The smallest absolute Gasteiger partial charge is 0.261 e. The molecule has 168 valence electrons. The molecular formula is C25H34O4SSi. The van der Waals surface area contributed by atoms with Gasteiger partial charge in [0.15, 0.2) is 5.79 Å². The van der Waals surface area contributed by atoms with Crippen LogP contribution in [-0.2, 0) is 18.6 Å². The van der Waals surface area contributed by atoms with Crippen LogP contribution in [0.1, 0.15) is 34.6 Å². The van der Waals surface area contributed by atoms with E-state index >= 15 is 0 Å². The van der Waals surface area contributed by atoms with E-state index in [9.17, 15) is 0 Å². The monoisotopic (exact) mass is 458 g/mol. The maximum absolute atomic E-state index is 7.02. The number of hydrogen-bond acceptors (Lipinski definition) is 5. The van der Waals surface area contributed by atoms with Crippen molar-refractivity contribution in [2.45, 2.75) is 63.1 Å². The quantitative estimate of drug-likeness (QED) is 0.607. The summed E-state index contributed by atoms with van der Waals surface area (Å²) in [4.78, 5) is 0. The average molecular weight is 459 g/mol. The molecule has 0 aliphatic carbocycles. The lowest BCUT2D eigenvalue weighted by Gasteiger charge is -2.43. The molecule has 4 rings (SSSR count). The Balaban J connectivity index is 1.55. The van der Waals surface area contributed by atoms with Gasteiger partial charge in [0.1, 0.15) is 11.5 Å². The molecule has 6 heteroatoms. The maximum Gasteiger partial charge on any atom is 0.261 e. The number of ether oxygens (including phenoxy) is 3. The van der Waals surface area contributed by atoms with Gasteiger partial charge < -0.3 is 18.6 Å². The summed E-state index contributed by atoms with van der Waals surface area (Å²) in [6, 6.07) is 21.5. The highest BCUT2D eigenvalue weighted by atomic mass is 32.2. The van der Waals surface area contributed by atoms with E-state index in [1.54, 1.807) is 0 Å². The average Bonchev–Trinajstić information content (AvgIpc) is 3.35. The minimum atomic E-state index is -2.54. The van der Waals surface area contributed by atoms with Gasteiger partial charge in [-0.2, -0.15) is 0 Å². The summed E-state index contributed by atoms with van der Waals surface area (Å²) in [6.45, 7) is 12.0. The minimum absolute atomic E-state index is 0.000961. The largest absolute Gasteiger partial charge is 0.404 e. The van der Waals surface area contributed by atoms with E-state index in [-0.39, 0.29) is 22.7 Å². The molecule has 2 aromatic carbocycles. The summed E-state index contributed by atoms with van der Waals surface area (Å²) < 4.78 is 25.2. The van der Waals surface area contributed by atoms with Crippen LogP contribution in [0, 0.1) is 0 Å². The van der Waals surface area contributed by atoms with E-state index < -0.39 is 14.1 Å². The van der Waals surface area contributed by atoms with Crippen molar-refractivity contribution >= 4 is 30.5 Å². The van der Waals surface area contributed by atoms with E-state index in [2.05, 4.69) is 81.4 Å². The van der Waals surface area contributed by atoms with Gasteiger partial charge >= 0.3 is 0 Å². The molecular weight excluding hydrogens is 424 g/mol. The zero-order valence-electron chi connectivity index (χ0n) is 19.2. The van der Waals surface area contributed by atoms with Crippen LogP contribution in [0.3, 0.4) is 0 Å². The molecule has 0 amide bonds. The topological polar surface area (TPSA) is 36.9 Å². The molecule has 0 saturated carbocycles. The molecule has 31 heavy (non-hydrogen) atoms. The van der Waals surface area contributed by atoms with E-state index in [0.29, 0.717) is 13.2 Å². The third-order valence-corrected chi connectivity index (χ3v) is 12.2. The number of benzene rings is 2. The Morgan fingerprint density at radius 2 is 1.55 bits per heavy atom. The van der Waals surface area contributed by atoms with Crippen LogP contribution in [0.15, 0.2) is 60.7 Å². The Kier molecular flexibility index (Phi) is 6.69. The fraction of sp³-hybridized carbons (Fsp3) is 0.520. The molecule has 0 bridgehead atoms.